The number of halogens is 1. The Morgan fingerprint density at radius 3 is 2.17 bits per heavy atom. The zero-order valence-electron chi connectivity index (χ0n) is 16.1. The molecule has 3 aromatic carbocycles. The number of aromatic carboxylic acids is 1. The van der Waals surface area contributed by atoms with Crippen LogP contribution in [0.25, 0.3) is 10.8 Å². The minimum atomic E-state index is -1.28. The second-order valence-corrected chi connectivity index (χ2v) is 7.23. The smallest absolute Gasteiger partial charge is 0.335 e. The topological polar surface area (TPSA) is 110 Å². The third-order valence-corrected chi connectivity index (χ3v) is 5.68. The number of hydrogen-bond acceptors (Lipinski definition) is 6. The van der Waals surface area contributed by atoms with E-state index < -0.39 is 17.5 Å². The highest BCUT2D eigenvalue weighted by molar-refractivity contribution is 6.37. The Labute approximate surface area is 175 Å². The predicted octanol–water partition coefficient (Wildman–Crippen LogP) is 4.00. The van der Waals surface area contributed by atoms with Crippen molar-refractivity contribution in [3.63, 3.8) is 0 Å². The Kier molecular flexibility index (Phi) is 4.43. The van der Waals surface area contributed by atoms with Crippen molar-refractivity contribution < 1.29 is 34.1 Å². The van der Waals surface area contributed by atoms with Gasteiger partial charge in [-0.15, -0.1) is 0 Å². The van der Waals surface area contributed by atoms with Crippen LogP contribution in [0.5, 0.6) is 17.2 Å². The fourth-order valence-corrected chi connectivity index (χ4v) is 3.98. The molecule has 0 unspecified atom stereocenters. The first kappa shape index (κ1) is 19.7. The maximum atomic E-state index is 13.5. The summed E-state index contributed by atoms with van der Waals surface area (Å²) in [6.07, 6.45) is 0. The molecule has 1 aliphatic rings. The number of carbonyl (C=O) groups excluding carboxylic acids is 2. The van der Waals surface area contributed by atoms with E-state index in [4.69, 9.17) is 21.1 Å². The minimum absolute atomic E-state index is 0.0396. The highest BCUT2D eigenvalue weighted by Gasteiger charge is 2.38. The molecule has 0 saturated carbocycles. The monoisotopic (exact) mass is 426 g/mol. The number of carbonyl (C=O) groups is 3. The second kappa shape index (κ2) is 6.74. The van der Waals surface area contributed by atoms with Gasteiger partial charge < -0.3 is 19.7 Å². The average Bonchev–Trinajstić information content (AvgIpc) is 2.73. The minimum Gasteiger partial charge on any atom is -0.506 e. The lowest BCUT2D eigenvalue weighted by Crippen LogP contribution is -2.24. The molecule has 30 heavy (non-hydrogen) atoms. The van der Waals surface area contributed by atoms with Gasteiger partial charge in [0.15, 0.2) is 5.78 Å². The number of phenolic OH excluding ortho intramolecular Hbond substituents is 1. The van der Waals surface area contributed by atoms with Crippen LogP contribution in [0.3, 0.4) is 0 Å². The largest absolute Gasteiger partial charge is 0.506 e. The Hall–Kier alpha value is -3.58. The summed E-state index contributed by atoms with van der Waals surface area (Å²) >= 11 is 6.20. The molecule has 0 spiro atoms. The van der Waals surface area contributed by atoms with Crippen molar-refractivity contribution in [1.29, 1.82) is 0 Å². The van der Waals surface area contributed by atoms with Crippen LogP contribution in [0.2, 0.25) is 5.02 Å². The molecule has 0 atom stereocenters. The van der Waals surface area contributed by atoms with Gasteiger partial charge in [0.05, 0.1) is 35.9 Å². The van der Waals surface area contributed by atoms with Crippen molar-refractivity contribution in [2.45, 2.75) is 6.92 Å². The zero-order chi connectivity index (χ0) is 21.9. The van der Waals surface area contributed by atoms with Gasteiger partial charge in [-0.05, 0) is 42.1 Å². The lowest BCUT2D eigenvalue weighted by molar-refractivity contribution is 0.0696. The molecule has 2 N–H and O–H groups in total. The normalized spacial score (nSPS) is 12.5. The van der Waals surface area contributed by atoms with Gasteiger partial charge in [0.25, 0.3) is 0 Å². The standard InChI is InChI=1S/C22H15ClO7/c1-8-4-9-6-13(30-3)16-17(14(9)21(26)18(8)23)19(24)11-5-10(22(27)28)7-12(29-2)15(11)20(16)25/h4-7,26H,1-3H3,(H,27,28). The molecular weight excluding hydrogens is 412 g/mol. The number of hydrogen-bond donors (Lipinski definition) is 2. The molecular formula is C22H15ClO7. The van der Waals surface area contributed by atoms with Crippen molar-refractivity contribution in [2.24, 2.45) is 0 Å². The Morgan fingerprint density at radius 2 is 1.57 bits per heavy atom. The number of fused-ring (bicyclic) bond motifs is 4. The Bertz CT molecular complexity index is 1310. The Morgan fingerprint density at radius 1 is 0.933 bits per heavy atom. The van der Waals surface area contributed by atoms with Crippen LogP contribution >= 0.6 is 11.6 Å². The summed E-state index contributed by atoms with van der Waals surface area (Å²) < 4.78 is 10.6. The number of aromatic hydroxyl groups is 1. The number of carboxylic acid groups (broad SMARTS) is 1. The maximum absolute atomic E-state index is 13.5. The molecule has 152 valence electrons. The first-order valence-corrected chi connectivity index (χ1v) is 9.16. The van der Waals surface area contributed by atoms with Crippen molar-refractivity contribution >= 4 is 39.9 Å². The number of methoxy groups -OCH3 is 2. The molecule has 0 aromatic heterocycles. The average molecular weight is 427 g/mol. The van der Waals surface area contributed by atoms with Crippen LogP contribution < -0.4 is 9.47 Å². The van der Waals surface area contributed by atoms with Crippen LogP contribution in [-0.4, -0.2) is 42.0 Å². The zero-order valence-corrected chi connectivity index (χ0v) is 16.9. The maximum Gasteiger partial charge on any atom is 0.335 e. The van der Waals surface area contributed by atoms with E-state index in [1.807, 2.05) is 0 Å². The third-order valence-electron chi connectivity index (χ3n) is 5.20. The molecule has 8 heteroatoms. The number of carboxylic acids is 1. The highest BCUT2D eigenvalue weighted by Crippen LogP contribution is 2.46. The van der Waals surface area contributed by atoms with Crippen molar-refractivity contribution in [3.05, 3.63) is 62.7 Å². The number of ketones is 2. The number of benzene rings is 3. The van der Waals surface area contributed by atoms with E-state index in [-0.39, 0.29) is 55.5 Å². The summed E-state index contributed by atoms with van der Waals surface area (Å²) in [6, 6.07) is 5.53. The fourth-order valence-electron chi connectivity index (χ4n) is 3.83. The lowest BCUT2D eigenvalue weighted by atomic mass is 9.79. The van der Waals surface area contributed by atoms with Crippen molar-refractivity contribution in [3.8, 4) is 17.2 Å². The molecule has 0 fully saturated rings. The van der Waals surface area contributed by atoms with Crippen molar-refractivity contribution in [1.82, 2.24) is 0 Å². The highest BCUT2D eigenvalue weighted by atomic mass is 35.5. The molecule has 7 nitrogen and oxygen atoms in total. The predicted molar refractivity (Wildman–Crippen MR) is 109 cm³/mol. The van der Waals surface area contributed by atoms with E-state index in [2.05, 4.69) is 0 Å². The quantitative estimate of drug-likeness (QED) is 0.509. The first-order valence-electron chi connectivity index (χ1n) is 8.78. The molecule has 0 amide bonds. The van der Waals surface area contributed by atoms with Gasteiger partial charge in [0.1, 0.15) is 17.2 Å². The molecule has 0 radical (unpaired) electrons. The van der Waals surface area contributed by atoms with Crippen LogP contribution in [0, 0.1) is 6.92 Å². The molecule has 0 bridgehead atoms. The van der Waals surface area contributed by atoms with Gasteiger partial charge in [-0.2, -0.15) is 0 Å². The number of phenols is 1. The van der Waals surface area contributed by atoms with Crippen LogP contribution in [0.4, 0.5) is 0 Å². The van der Waals surface area contributed by atoms with E-state index in [0.717, 1.165) is 6.07 Å². The summed E-state index contributed by atoms with van der Waals surface area (Å²) in [5, 5.41) is 20.7. The Balaban J connectivity index is 2.19. The first-order chi connectivity index (χ1) is 14.2. The van der Waals surface area contributed by atoms with Crippen LogP contribution in [-0.2, 0) is 0 Å². The van der Waals surface area contributed by atoms with E-state index in [9.17, 15) is 24.6 Å². The third kappa shape index (κ3) is 2.55. The van der Waals surface area contributed by atoms with Gasteiger partial charge in [0.2, 0.25) is 5.78 Å². The van der Waals surface area contributed by atoms with Crippen molar-refractivity contribution in [2.75, 3.05) is 14.2 Å². The summed E-state index contributed by atoms with van der Waals surface area (Å²) in [5.74, 6) is -2.73. The van der Waals surface area contributed by atoms with Gasteiger partial charge in [-0.3, -0.25) is 9.59 Å². The SMILES string of the molecule is COc1cc(C(=O)O)cc2c1C(=O)c1c(OC)cc3cc(C)c(Cl)c(O)c3c1C2=O. The molecule has 4 rings (SSSR count). The van der Waals surface area contributed by atoms with Gasteiger partial charge in [-0.25, -0.2) is 4.79 Å². The number of rotatable bonds is 3. The molecule has 1 aliphatic carbocycles. The summed E-state index contributed by atoms with van der Waals surface area (Å²) in [6.45, 7) is 1.69. The number of aryl methyl sites for hydroxylation is 1. The second-order valence-electron chi connectivity index (χ2n) is 6.85. The van der Waals surface area contributed by atoms with Gasteiger partial charge in [0, 0.05) is 16.5 Å². The molecule has 0 saturated heterocycles. The number of ether oxygens (including phenoxy) is 2. The van der Waals surface area contributed by atoms with E-state index >= 15 is 0 Å². The summed E-state index contributed by atoms with van der Waals surface area (Å²) in [4.78, 5) is 38.5. The summed E-state index contributed by atoms with van der Waals surface area (Å²) in [5.41, 5.74) is 0.0455. The van der Waals surface area contributed by atoms with E-state index in [1.165, 1.54) is 20.3 Å². The van der Waals surface area contributed by atoms with Gasteiger partial charge >= 0.3 is 5.97 Å². The van der Waals surface area contributed by atoms with E-state index in [0.29, 0.717) is 10.9 Å². The van der Waals surface area contributed by atoms with Crippen LogP contribution in [0.1, 0.15) is 47.8 Å². The fraction of sp³-hybridized carbons (Fsp3) is 0.136. The van der Waals surface area contributed by atoms with Gasteiger partial charge in [-0.1, -0.05) is 11.6 Å². The van der Waals surface area contributed by atoms with E-state index in [1.54, 1.807) is 19.1 Å². The summed E-state index contributed by atoms with van der Waals surface area (Å²) in [7, 11) is 2.64. The van der Waals surface area contributed by atoms with Crippen LogP contribution in [0.15, 0.2) is 24.3 Å². The lowest BCUT2D eigenvalue weighted by Gasteiger charge is -2.24. The molecule has 3 aromatic rings. The molecule has 0 aliphatic heterocycles. The molecule has 0 heterocycles.